The number of halogens is 1. The Morgan fingerprint density at radius 1 is 1.35 bits per heavy atom. The van der Waals surface area contributed by atoms with Gasteiger partial charge in [-0.15, -0.1) is 0 Å². The number of ether oxygens (including phenoxy) is 1. The number of nitrogens with zero attached hydrogens (tertiary/aromatic N) is 1. The van der Waals surface area contributed by atoms with E-state index in [4.69, 9.17) is 9.15 Å². The molecule has 1 aliphatic heterocycles. The van der Waals surface area contributed by atoms with E-state index in [1.807, 2.05) is 32.0 Å². The summed E-state index contributed by atoms with van der Waals surface area (Å²) in [6, 6.07) is 7.50. The number of carbonyl (C=O) groups excluding carboxylic acids is 1. The fourth-order valence-corrected chi connectivity index (χ4v) is 2.84. The van der Waals surface area contributed by atoms with Gasteiger partial charge in [0, 0.05) is 22.9 Å². The van der Waals surface area contributed by atoms with Crippen molar-refractivity contribution in [3.05, 3.63) is 34.5 Å². The van der Waals surface area contributed by atoms with E-state index < -0.39 is 0 Å². The molecule has 20 heavy (non-hydrogen) atoms. The molecule has 0 N–H and O–H groups in total. The first-order valence-electron chi connectivity index (χ1n) is 6.57. The van der Waals surface area contributed by atoms with Crippen molar-refractivity contribution in [3.8, 4) is 0 Å². The first kappa shape index (κ1) is 13.6. The highest BCUT2D eigenvalue weighted by Crippen LogP contribution is 2.25. The lowest BCUT2D eigenvalue weighted by molar-refractivity contribution is -0.0768. The molecule has 0 spiro atoms. The van der Waals surface area contributed by atoms with Gasteiger partial charge in [0.15, 0.2) is 5.76 Å². The van der Waals surface area contributed by atoms with Crippen LogP contribution in [0.4, 0.5) is 0 Å². The third-order valence-corrected chi connectivity index (χ3v) is 3.90. The highest BCUT2D eigenvalue weighted by Gasteiger charge is 2.31. The second-order valence-electron chi connectivity index (χ2n) is 5.63. The molecule has 2 aromatic rings. The van der Waals surface area contributed by atoms with Gasteiger partial charge in [-0.05, 0) is 38.1 Å². The number of carbonyl (C=O) groups is 1. The summed E-state index contributed by atoms with van der Waals surface area (Å²) in [5, 5.41) is 0.926. The van der Waals surface area contributed by atoms with Gasteiger partial charge in [-0.25, -0.2) is 0 Å². The van der Waals surface area contributed by atoms with E-state index in [0.717, 1.165) is 15.4 Å². The summed E-state index contributed by atoms with van der Waals surface area (Å²) in [4.78, 5) is 14.3. The van der Waals surface area contributed by atoms with Crippen LogP contribution in [-0.2, 0) is 4.74 Å². The first-order valence-corrected chi connectivity index (χ1v) is 7.36. The van der Waals surface area contributed by atoms with Crippen molar-refractivity contribution in [3.63, 3.8) is 0 Å². The van der Waals surface area contributed by atoms with Crippen LogP contribution in [0.1, 0.15) is 24.4 Å². The minimum atomic E-state index is -0.303. The van der Waals surface area contributed by atoms with Crippen LogP contribution in [0.25, 0.3) is 11.0 Å². The van der Waals surface area contributed by atoms with Gasteiger partial charge in [0.1, 0.15) is 5.58 Å². The van der Waals surface area contributed by atoms with Crippen molar-refractivity contribution in [2.24, 2.45) is 0 Å². The minimum absolute atomic E-state index is 0.0753. The summed E-state index contributed by atoms with van der Waals surface area (Å²) in [6.45, 7) is 5.71. The summed E-state index contributed by atoms with van der Waals surface area (Å²) >= 11 is 3.42. The Kier molecular flexibility index (Phi) is 3.34. The number of morpholine rings is 1. The molecular formula is C15H16BrNO3. The molecule has 0 saturated carbocycles. The van der Waals surface area contributed by atoms with Crippen molar-refractivity contribution in [1.82, 2.24) is 4.90 Å². The van der Waals surface area contributed by atoms with Gasteiger partial charge >= 0.3 is 0 Å². The fourth-order valence-electron chi connectivity index (χ4n) is 2.47. The Morgan fingerprint density at radius 2 is 2.15 bits per heavy atom. The fraction of sp³-hybridized carbons (Fsp3) is 0.400. The molecule has 106 valence electrons. The SMILES string of the molecule is CC1(C)CN(C(=O)c2cc3cc(Br)ccc3o2)CCO1. The molecule has 1 amide bonds. The molecule has 1 aliphatic rings. The van der Waals surface area contributed by atoms with Gasteiger partial charge < -0.3 is 14.1 Å². The van der Waals surface area contributed by atoms with Crippen molar-refractivity contribution in [1.29, 1.82) is 0 Å². The molecule has 1 aromatic carbocycles. The second-order valence-corrected chi connectivity index (χ2v) is 6.54. The van der Waals surface area contributed by atoms with Crippen LogP contribution in [0, 0.1) is 0 Å². The first-order chi connectivity index (χ1) is 9.44. The van der Waals surface area contributed by atoms with Gasteiger partial charge in [-0.2, -0.15) is 0 Å². The van der Waals surface area contributed by atoms with Crippen LogP contribution in [-0.4, -0.2) is 36.1 Å². The monoisotopic (exact) mass is 337 g/mol. The van der Waals surface area contributed by atoms with Crippen LogP contribution in [0.3, 0.4) is 0 Å². The number of amides is 1. The maximum Gasteiger partial charge on any atom is 0.289 e. The molecule has 0 aliphatic carbocycles. The molecule has 0 unspecified atom stereocenters. The lowest BCUT2D eigenvalue weighted by atomic mass is 10.1. The van der Waals surface area contributed by atoms with Crippen molar-refractivity contribution >= 4 is 32.8 Å². The molecule has 1 fully saturated rings. The maximum atomic E-state index is 12.5. The number of benzene rings is 1. The van der Waals surface area contributed by atoms with Gasteiger partial charge in [-0.3, -0.25) is 4.79 Å². The Balaban J connectivity index is 1.88. The van der Waals surface area contributed by atoms with Crippen LogP contribution in [0.2, 0.25) is 0 Å². The molecule has 5 heteroatoms. The average molecular weight is 338 g/mol. The average Bonchev–Trinajstić information content (AvgIpc) is 2.79. The lowest BCUT2D eigenvalue weighted by Gasteiger charge is -2.37. The smallest absolute Gasteiger partial charge is 0.289 e. The van der Waals surface area contributed by atoms with Crippen molar-refractivity contribution < 1.29 is 13.9 Å². The second kappa shape index (κ2) is 4.90. The zero-order chi connectivity index (χ0) is 14.3. The Hall–Kier alpha value is -1.33. The minimum Gasteiger partial charge on any atom is -0.451 e. The summed E-state index contributed by atoms with van der Waals surface area (Å²) in [7, 11) is 0. The number of furan rings is 1. The lowest BCUT2D eigenvalue weighted by Crippen LogP contribution is -2.50. The topological polar surface area (TPSA) is 42.7 Å². The van der Waals surface area contributed by atoms with Gasteiger partial charge in [-0.1, -0.05) is 15.9 Å². The molecule has 3 rings (SSSR count). The van der Waals surface area contributed by atoms with Gasteiger partial charge in [0.05, 0.1) is 12.2 Å². The number of rotatable bonds is 1. The largest absolute Gasteiger partial charge is 0.451 e. The predicted octanol–water partition coefficient (Wildman–Crippen LogP) is 3.45. The summed E-state index contributed by atoms with van der Waals surface area (Å²) in [6.07, 6.45) is 0. The van der Waals surface area contributed by atoms with E-state index in [9.17, 15) is 4.79 Å². The number of fused-ring (bicyclic) bond motifs is 1. The highest BCUT2D eigenvalue weighted by atomic mass is 79.9. The molecule has 2 heterocycles. The zero-order valence-corrected chi connectivity index (χ0v) is 13.1. The van der Waals surface area contributed by atoms with E-state index in [-0.39, 0.29) is 11.5 Å². The number of hydrogen-bond donors (Lipinski definition) is 0. The van der Waals surface area contributed by atoms with Crippen LogP contribution < -0.4 is 0 Å². The predicted molar refractivity (Wildman–Crippen MR) is 79.8 cm³/mol. The van der Waals surface area contributed by atoms with Gasteiger partial charge in [0.25, 0.3) is 5.91 Å². The molecule has 0 bridgehead atoms. The van der Waals surface area contributed by atoms with E-state index >= 15 is 0 Å². The molecule has 0 atom stereocenters. The molecule has 1 saturated heterocycles. The molecule has 0 radical (unpaired) electrons. The molecular weight excluding hydrogens is 322 g/mol. The van der Waals surface area contributed by atoms with E-state index in [2.05, 4.69) is 15.9 Å². The summed E-state index contributed by atoms with van der Waals surface area (Å²) < 4.78 is 12.2. The summed E-state index contributed by atoms with van der Waals surface area (Å²) in [5.74, 6) is 0.310. The van der Waals surface area contributed by atoms with E-state index in [1.165, 1.54) is 0 Å². The zero-order valence-electron chi connectivity index (χ0n) is 11.5. The summed E-state index contributed by atoms with van der Waals surface area (Å²) in [5.41, 5.74) is 0.423. The van der Waals surface area contributed by atoms with Crippen molar-refractivity contribution in [2.75, 3.05) is 19.7 Å². The molecule has 1 aromatic heterocycles. The Labute approximate surface area is 125 Å². The normalized spacial score (nSPS) is 18.4. The highest BCUT2D eigenvalue weighted by molar-refractivity contribution is 9.10. The third kappa shape index (κ3) is 2.60. The van der Waals surface area contributed by atoms with Crippen LogP contribution >= 0.6 is 15.9 Å². The van der Waals surface area contributed by atoms with E-state index in [1.54, 1.807) is 11.0 Å². The third-order valence-electron chi connectivity index (χ3n) is 3.40. The van der Waals surface area contributed by atoms with Gasteiger partial charge in [0.2, 0.25) is 0 Å². The maximum absolute atomic E-state index is 12.5. The van der Waals surface area contributed by atoms with Crippen LogP contribution in [0.5, 0.6) is 0 Å². The van der Waals surface area contributed by atoms with Crippen LogP contribution in [0.15, 0.2) is 33.2 Å². The molecule has 4 nitrogen and oxygen atoms in total. The van der Waals surface area contributed by atoms with Crippen molar-refractivity contribution in [2.45, 2.75) is 19.4 Å². The Bertz CT molecular complexity index is 662. The standard InChI is InChI=1S/C15H16BrNO3/c1-15(2)9-17(5-6-19-15)14(18)13-8-10-7-11(16)3-4-12(10)20-13/h3-4,7-8H,5-6,9H2,1-2H3. The number of hydrogen-bond acceptors (Lipinski definition) is 3. The Morgan fingerprint density at radius 3 is 2.90 bits per heavy atom. The van der Waals surface area contributed by atoms with E-state index in [0.29, 0.717) is 25.5 Å². The quantitative estimate of drug-likeness (QED) is 0.800.